The molecule has 33 heavy (non-hydrogen) atoms. The maximum atomic E-state index is 12.7. The SMILES string of the molecule is COc1ccccc1OCC(=O)Nc1cccc(NC(=O)c2cc3ccccc3[nH]c2=O)c1. The average Bonchev–Trinajstić information content (AvgIpc) is 2.82. The summed E-state index contributed by atoms with van der Waals surface area (Å²) in [4.78, 5) is 40.0. The third-order valence-electron chi connectivity index (χ3n) is 4.83. The summed E-state index contributed by atoms with van der Waals surface area (Å²) in [5.74, 6) is 0.0517. The number of amides is 2. The van der Waals surface area contributed by atoms with Crippen LogP contribution in [0.15, 0.2) is 83.7 Å². The summed E-state index contributed by atoms with van der Waals surface area (Å²) in [6.07, 6.45) is 0. The van der Waals surface area contributed by atoms with Gasteiger partial charge in [-0.25, -0.2) is 0 Å². The Morgan fingerprint density at radius 3 is 2.33 bits per heavy atom. The summed E-state index contributed by atoms with van der Waals surface area (Å²) in [5.41, 5.74) is 1.06. The number of para-hydroxylation sites is 3. The molecule has 0 spiro atoms. The van der Waals surface area contributed by atoms with Crippen molar-refractivity contribution in [1.82, 2.24) is 4.98 Å². The third-order valence-corrected chi connectivity index (χ3v) is 4.83. The molecular formula is C25H21N3O5. The predicted octanol–water partition coefficient (Wildman–Crippen LogP) is 3.81. The molecule has 0 atom stereocenters. The highest BCUT2D eigenvalue weighted by Crippen LogP contribution is 2.25. The minimum atomic E-state index is -0.551. The van der Waals surface area contributed by atoms with Crippen molar-refractivity contribution < 1.29 is 19.1 Å². The van der Waals surface area contributed by atoms with Gasteiger partial charge in [-0.3, -0.25) is 14.4 Å². The minimum absolute atomic E-state index is 0.00616. The van der Waals surface area contributed by atoms with E-state index in [1.165, 1.54) is 7.11 Å². The zero-order valence-electron chi connectivity index (χ0n) is 17.8. The number of benzene rings is 3. The number of hydrogen-bond acceptors (Lipinski definition) is 5. The van der Waals surface area contributed by atoms with E-state index in [0.717, 1.165) is 5.39 Å². The van der Waals surface area contributed by atoms with Crippen LogP contribution in [0, 0.1) is 0 Å². The van der Waals surface area contributed by atoms with Crippen LogP contribution in [0.1, 0.15) is 10.4 Å². The lowest BCUT2D eigenvalue weighted by molar-refractivity contribution is -0.118. The van der Waals surface area contributed by atoms with Crippen LogP contribution in [0.2, 0.25) is 0 Å². The summed E-state index contributed by atoms with van der Waals surface area (Å²) >= 11 is 0. The van der Waals surface area contributed by atoms with Crippen molar-refractivity contribution in [3.8, 4) is 11.5 Å². The zero-order valence-corrected chi connectivity index (χ0v) is 17.8. The fourth-order valence-electron chi connectivity index (χ4n) is 3.27. The van der Waals surface area contributed by atoms with Gasteiger partial charge < -0.3 is 25.1 Å². The Labute approximate surface area is 189 Å². The van der Waals surface area contributed by atoms with Gasteiger partial charge in [0.1, 0.15) is 5.56 Å². The van der Waals surface area contributed by atoms with Crippen molar-refractivity contribution in [3.63, 3.8) is 0 Å². The molecule has 0 aliphatic rings. The van der Waals surface area contributed by atoms with Gasteiger partial charge >= 0.3 is 0 Å². The van der Waals surface area contributed by atoms with Crippen molar-refractivity contribution in [2.24, 2.45) is 0 Å². The zero-order chi connectivity index (χ0) is 23.2. The van der Waals surface area contributed by atoms with E-state index in [9.17, 15) is 14.4 Å². The van der Waals surface area contributed by atoms with Crippen LogP contribution in [0.4, 0.5) is 11.4 Å². The van der Waals surface area contributed by atoms with Crippen molar-refractivity contribution >= 4 is 34.1 Å². The van der Waals surface area contributed by atoms with E-state index in [4.69, 9.17) is 9.47 Å². The van der Waals surface area contributed by atoms with Crippen molar-refractivity contribution in [2.45, 2.75) is 0 Å². The topological polar surface area (TPSA) is 110 Å². The van der Waals surface area contributed by atoms with E-state index in [2.05, 4.69) is 15.6 Å². The van der Waals surface area contributed by atoms with Crippen LogP contribution in [0.25, 0.3) is 10.9 Å². The molecule has 2 amide bonds. The summed E-state index contributed by atoms with van der Waals surface area (Å²) in [7, 11) is 1.52. The van der Waals surface area contributed by atoms with Gasteiger partial charge in [-0.1, -0.05) is 36.4 Å². The van der Waals surface area contributed by atoms with E-state index < -0.39 is 11.5 Å². The highest BCUT2D eigenvalue weighted by Gasteiger charge is 2.13. The summed E-state index contributed by atoms with van der Waals surface area (Å²) < 4.78 is 10.7. The number of aromatic nitrogens is 1. The van der Waals surface area contributed by atoms with Crippen LogP contribution in [0.5, 0.6) is 11.5 Å². The highest BCUT2D eigenvalue weighted by atomic mass is 16.5. The number of H-pyrrole nitrogens is 1. The van der Waals surface area contributed by atoms with Gasteiger partial charge in [0.25, 0.3) is 17.4 Å². The first-order valence-corrected chi connectivity index (χ1v) is 10.1. The number of methoxy groups -OCH3 is 1. The maximum Gasteiger partial charge on any atom is 0.262 e. The van der Waals surface area contributed by atoms with E-state index in [-0.39, 0.29) is 18.1 Å². The number of rotatable bonds is 7. The van der Waals surface area contributed by atoms with Crippen molar-refractivity contribution in [1.29, 1.82) is 0 Å². The maximum absolute atomic E-state index is 12.7. The van der Waals surface area contributed by atoms with Crippen molar-refractivity contribution in [2.75, 3.05) is 24.4 Å². The van der Waals surface area contributed by atoms with Crippen LogP contribution in [0.3, 0.4) is 0 Å². The van der Waals surface area contributed by atoms with Gasteiger partial charge in [-0.05, 0) is 47.9 Å². The van der Waals surface area contributed by atoms with Crippen LogP contribution in [-0.4, -0.2) is 30.5 Å². The number of pyridine rings is 1. The second kappa shape index (κ2) is 9.69. The van der Waals surface area contributed by atoms with Gasteiger partial charge in [0.15, 0.2) is 18.1 Å². The minimum Gasteiger partial charge on any atom is -0.493 e. The summed E-state index contributed by atoms with van der Waals surface area (Å²) in [5, 5.41) is 6.16. The smallest absolute Gasteiger partial charge is 0.262 e. The van der Waals surface area contributed by atoms with E-state index >= 15 is 0 Å². The molecule has 0 aliphatic heterocycles. The standard InChI is InChI=1S/C25H21N3O5/c1-32-21-11-4-5-12-22(21)33-15-23(29)26-17-8-6-9-18(14-17)27-24(30)19-13-16-7-2-3-10-20(16)28-25(19)31/h2-14H,15H2,1H3,(H,26,29)(H,27,30)(H,28,31). The molecule has 0 aliphatic carbocycles. The lowest BCUT2D eigenvalue weighted by Crippen LogP contribution is -2.23. The number of nitrogens with one attached hydrogen (secondary N) is 3. The lowest BCUT2D eigenvalue weighted by Gasteiger charge is -2.11. The highest BCUT2D eigenvalue weighted by molar-refractivity contribution is 6.06. The number of carbonyl (C=O) groups is 2. The average molecular weight is 443 g/mol. The lowest BCUT2D eigenvalue weighted by atomic mass is 10.1. The van der Waals surface area contributed by atoms with Gasteiger partial charge in [0.2, 0.25) is 0 Å². The fraction of sp³-hybridized carbons (Fsp3) is 0.0800. The Hall–Kier alpha value is -4.59. The monoisotopic (exact) mass is 443 g/mol. The molecule has 8 nitrogen and oxygen atoms in total. The molecule has 3 aromatic carbocycles. The number of fused-ring (bicyclic) bond motifs is 1. The third kappa shape index (κ3) is 5.19. The molecule has 1 heterocycles. The Bertz CT molecular complexity index is 1380. The normalized spacial score (nSPS) is 10.5. The second-order valence-electron chi connectivity index (χ2n) is 7.12. The number of ether oxygens (including phenoxy) is 2. The Morgan fingerprint density at radius 1 is 0.848 bits per heavy atom. The van der Waals surface area contributed by atoms with E-state index in [1.807, 2.05) is 12.1 Å². The molecule has 0 saturated heterocycles. The molecule has 1 aromatic heterocycles. The Kier molecular flexibility index (Phi) is 6.36. The number of hydrogen-bond donors (Lipinski definition) is 3. The second-order valence-corrected chi connectivity index (χ2v) is 7.12. The molecule has 0 bridgehead atoms. The molecule has 166 valence electrons. The van der Waals surface area contributed by atoms with Crippen LogP contribution in [-0.2, 0) is 4.79 Å². The van der Waals surface area contributed by atoms with Gasteiger partial charge in [0, 0.05) is 16.9 Å². The summed E-state index contributed by atoms with van der Waals surface area (Å²) in [6, 6.07) is 22.4. The van der Waals surface area contributed by atoms with E-state index in [0.29, 0.717) is 28.4 Å². The van der Waals surface area contributed by atoms with Crippen LogP contribution < -0.4 is 25.7 Å². The Balaban J connectivity index is 1.41. The molecular weight excluding hydrogens is 422 g/mol. The first-order chi connectivity index (χ1) is 16.0. The Morgan fingerprint density at radius 2 is 1.55 bits per heavy atom. The van der Waals surface area contributed by atoms with Crippen molar-refractivity contribution in [3.05, 3.63) is 94.8 Å². The van der Waals surface area contributed by atoms with E-state index in [1.54, 1.807) is 66.7 Å². The van der Waals surface area contributed by atoms with Crippen LogP contribution >= 0.6 is 0 Å². The molecule has 0 saturated carbocycles. The first-order valence-electron chi connectivity index (χ1n) is 10.1. The fourth-order valence-corrected chi connectivity index (χ4v) is 3.27. The first kappa shape index (κ1) is 21.6. The predicted molar refractivity (Wildman–Crippen MR) is 126 cm³/mol. The molecule has 4 aromatic rings. The molecule has 4 rings (SSSR count). The molecule has 0 unspecified atom stereocenters. The van der Waals surface area contributed by atoms with Gasteiger partial charge in [-0.2, -0.15) is 0 Å². The molecule has 0 fully saturated rings. The molecule has 8 heteroatoms. The quantitative estimate of drug-likeness (QED) is 0.402. The molecule has 0 radical (unpaired) electrons. The van der Waals surface area contributed by atoms with Gasteiger partial charge in [-0.15, -0.1) is 0 Å². The number of anilines is 2. The van der Waals surface area contributed by atoms with Gasteiger partial charge in [0.05, 0.1) is 7.11 Å². The largest absolute Gasteiger partial charge is 0.493 e. The molecule has 3 N–H and O–H groups in total. The number of aromatic amines is 1. The number of carbonyl (C=O) groups excluding carboxylic acids is 2. The summed E-state index contributed by atoms with van der Waals surface area (Å²) in [6.45, 7) is -0.219.